The molecule has 1 atom stereocenters. The van der Waals surface area contributed by atoms with Gasteiger partial charge in [-0.25, -0.2) is 0 Å². The second kappa shape index (κ2) is 8.71. The Kier molecular flexibility index (Phi) is 6.48. The van der Waals surface area contributed by atoms with E-state index < -0.39 is 23.7 Å². The molecule has 1 fully saturated rings. The number of fused-ring (bicyclic) bond motifs is 1. The number of likely N-dealkylation sites (tertiary alicyclic amines) is 1. The molecule has 1 aromatic carbocycles. The second-order valence-corrected chi connectivity index (χ2v) is 7.52. The van der Waals surface area contributed by atoms with Gasteiger partial charge in [0.05, 0.1) is 23.0 Å². The predicted octanol–water partition coefficient (Wildman–Crippen LogP) is 3.13. The quantitative estimate of drug-likeness (QED) is 0.806. The van der Waals surface area contributed by atoms with Crippen LogP contribution in [0.4, 0.5) is 24.5 Å². The highest BCUT2D eigenvalue weighted by molar-refractivity contribution is 6.11. The Morgan fingerprint density at radius 1 is 1.31 bits per heavy atom. The molecular formula is C20H26F3N3O3. The van der Waals surface area contributed by atoms with Crippen molar-refractivity contribution in [2.24, 2.45) is 5.92 Å². The number of hydrogen-bond acceptors (Lipinski definition) is 4. The van der Waals surface area contributed by atoms with Gasteiger partial charge in [0, 0.05) is 13.2 Å². The number of benzene rings is 1. The van der Waals surface area contributed by atoms with E-state index in [1.54, 1.807) is 6.92 Å². The third-order valence-electron chi connectivity index (χ3n) is 5.57. The van der Waals surface area contributed by atoms with Gasteiger partial charge >= 0.3 is 6.18 Å². The maximum absolute atomic E-state index is 13.1. The van der Waals surface area contributed by atoms with Crippen LogP contribution in [0.3, 0.4) is 0 Å². The number of piperidine rings is 1. The molecule has 0 radical (unpaired) electrons. The van der Waals surface area contributed by atoms with E-state index in [2.05, 4.69) is 10.2 Å². The predicted molar refractivity (Wildman–Crippen MR) is 103 cm³/mol. The number of carbonyl (C=O) groups excluding carboxylic acids is 2. The van der Waals surface area contributed by atoms with E-state index in [-0.39, 0.29) is 18.1 Å². The largest absolute Gasteiger partial charge is 0.416 e. The number of alkyl halides is 3. The van der Waals surface area contributed by atoms with Gasteiger partial charge in [0.25, 0.3) is 0 Å². The molecule has 160 valence electrons. The van der Waals surface area contributed by atoms with Gasteiger partial charge in [-0.2, -0.15) is 13.2 Å². The number of halogens is 3. The first-order valence-corrected chi connectivity index (χ1v) is 9.85. The van der Waals surface area contributed by atoms with Crippen molar-refractivity contribution in [3.8, 4) is 0 Å². The van der Waals surface area contributed by atoms with E-state index in [0.29, 0.717) is 24.8 Å². The molecule has 0 aromatic heterocycles. The fraction of sp³-hybridized carbons (Fsp3) is 0.600. The van der Waals surface area contributed by atoms with Crippen LogP contribution in [0.2, 0.25) is 0 Å². The molecule has 1 unspecified atom stereocenters. The summed E-state index contributed by atoms with van der Waals surface area (Å²) in [5, 5.41) is 2.44. The molecule has 0 saturated carbocycles. The van der Waals surface area contributed by atoms with Gasteiger partial charge in [-0.05, 0) is 63.9 Å². The lowest BCUT2D eigenvalue weighted by Gasteiger charge is -2.38. The van der Waals surface area contributed by atoms with Gasteiger partial charge in [0.15, 0.2) is 0 Å². The van der Waals surface area contributed by atoms with Gasteiger partial charge in [0.1, 0.15) is 6.54 Å². The fourth-order valence-electron chi connectivity index (χ4n) is 3.84. The molecule has 29 heavy (non-hydrogen) atoms. The minimum absolute atomic E-state index is 0.00653. The number of carbonyl (C=O) groups is 2. The zero-order chi connectivity index (χ0) is 21.2. The number of anilines is 2. The van der Waals surface area contributed by atoms with Crippen molar-refractivity contribution in [3.05, 3.63) is 23.8 Å². The molecule has 1 N–H and O–H groups in total. The SMILES string of the molecule is CCOCC1CCN(C(C)C(=O)N2CC(=O)Nc3cc(C(F)(F)F)ccc32)CC1. The van der Waals surface area contributed by atoms with Crippen molar-refractivity contribution < 1.29 is 27.5 Å². The van der Waals surface area contributed by atoms with Crippen molar-refractivity contribution in [2.45, 2.75) is 38.9 Å². The Balaban J connectivity index is 1.72. The van der Waals surface area contributed by atoms with E-state index in [0.717, 1.165) is 38.1 Å². The Morgan fingerprint density at radius 2 is 2.00 bits per heavy atom. The zero-order valence-corrected chi connectivity index (χ0v) is 16.6. The lowest BCUT2D eigenvalue weighted by atomic mass is 9.96. The smallest absolute Gasteiger partial charge is 0.381 e. The lowest BCUT2D eigenvalue weighted by molar-refractivity contribution is -0.137. The Bertz CT molecular complexity index is 761. The highest BCUT2D eigenvalue weighted by Gasteiger charge is 2.36. The molecule has 0 bridgehead atoms. The summed E-state index contributed by atoms with van der Waals surface area (Å²) in [6.45, 7) is 6.41. The number of ether oxygens (including phenoxy) is 1. The van der Waals surface area contributed by atoms with E-state index >= 15 is 0 Å². The summed E-state index contributed by atoms with van der Waals surface area (Å²) < 4.78 is 44.4. The minimum atomic E-state index is -4.52. The van der Waals surface area contributed by atoms with Gasteiger partial charge in [-0.15, -0.1) is 0 Å². The normalized spacial score (nSPS) is 19.6. The molecule has 9 heteroatoms. The van der Waals surface area contributed by atoms with Gasteiger partial charge in [-0.1, -0.05) is 0 Å². The first kappa shape index (κ1) is 21.6. The molecule has 2 amide bonds. The molecule has 3 rings (SSSR count). The van der Waals surface area contributed by atoms with Crippen LogP contribution in [0.5, 0.6) is 0 Å². The monoisotopic (exact) mass is 413 g/mol. The molecule has 2 aliphatic rings. The van der Waals surface area contributed by atoms with Crippen molar-refractivity contribution in [2.75, 3.05) is 43.1 Å². The summed E-state index contributed by atoms with van der Waals surface area (Å²) in [4.78, 5) is 28.5. The van der Waals surface area contributed by atoms with Gasteiger partial charge in [0.2, 0.25) is 11.8 Å². The van der Waals surface area contributed by atoms with Crippen molar-refractivity contribution in [3.63, 3.8) is 0 Å². The standard InChI is InChI=1S/C20H26F3N3O3/c1-3-29-12-14-6-8-25(9-7-14)13(2)19(28)26-11-18(27)24-16-10-15(20(21,22)23)4-5-17(16)26/h4-5,10,13-14H,3,6-9,11-12H2,1-2H3,(H,24,27). The van der Waals surface area contributed by atoms with Crippen LogP contribution >= 0.6 is 0 Å². The first-order chi connectivity index (χ1) is 13.7. The summed E-state index contributed by atoms with van der Waals surface area (Å²) in [7, 11) is 0. The van der Waals surface area contributed by atoms with Crippen LogP contribution < -0.4 is 10.2 Å². The zero-order valence-electron chi connectivity index (χ0n) is 16.6. The number of amides is 2. The van der Waals surface area contributed by atoms with Crippen molar-refractivity contribution in [1.29, 1.82) is 0 Å². The molecule has 2 aliphatic heterocycles. The topological polar surface area (TPSA) is 61.9 Å². The average Bonchev–Trinajstić information content (AvgIpc) is 2.69. The number of rotatable bonds is 5. The van der Waals surface area contributed by atoms with Crippen LogP contribution in [-0.4, -0.2) is 55.6 Å². The lowest BCUT2D eigenvalue weighted by Crippen LogP contribution is -2.53. The Labute approximate surface area is 168 Å². The number of hydrogen-bond donors (Lipinski definition) is 1. The minimum Gasteiger partial charge on any atom is -0.381 e. The van der Waals surface area contributed by atoms with Crippen LogP contribution in [0, 0.1) is 5.92 Å². The third kappa shape index (κ3) is 4.90. The molecule has 1 aromatic rings. The maximum atomic E-state index is 13.1. The van der Waals surface area contributed by atoms with Crippen LogP contribution in [0.15, 0.2) is 18.2 Å². The highest BCUT2D eigenvalue weighted by Crippen LogP contribution is 2.37. The fourth-order valence-corrected chi connectivity index (χ4v) is 3.84. The van der Waals surface area contributed by atoms with E-state index in [1.807, 2.05) is 6.92 Å². The Morgan fingerprint density at radius 3 is 2.62 bits per heavy atom. The highest BCUT2D eigenvalue weighted by atomic mass is 19.4. The van der Waals surface area contributed by atoms with Crippen LogP contribution in [-0.2, 0) is 20.5 Å². The average molecular weight is 413 g/mol. The van der Waals surface area contributed by atoms with Crippen LogP contribution in [0.25, 0.3) is 0 Å². The summed E-state index contributed by atoms with van der Waals surface area (Å²) in [5.41, 5.74) is -0.567. The van der Waals surface area contributed by atoms with Crippen molar-refractivity contribution >= 4 is 23.2 Å². The van der Waals surface area contributed by atoms with Crippen LogP contribution in [0.1, 0.15) is 32.3 Å². The molecular weight excluding hydrogens is 387 g/mol. The van der Waals surface area contributed by atoms with E-state index in [4.69, 9.17) is 4.74 Å². The van der Waals surface area contributed by atoms with E-state index in [9.17, 15) is 22.8 Å². The summed E-state index contributed by atoms with van der Waals surface area (Å²) >= 11 is 0. The molecule has 1 saturated heterocycles. The van der Waals surface area contributed by atoms with E-state index in [1.165, 1.54) is 11.0 Å². The molecule has 2 heterocycles. The van der Waals surface area contributed by atoms with Gasteiger partial charge in [-0.3, -0.25) is 19.4 Å². The summed E-state index contributed by atoms with van der Waals surface area (Å²) in [6.07, 6.45) is -2.68. The number of nitrogens with one attached hydrogen (secondary N) is 1. The maximum Gasteiger partial charge on any atom is 0.416 e. The van der Waals surface area contributed by atoms with Gasteiger partial charge < -0.3 is 10.1 Å². The second-order valence-electron chi connectivity index (χ2n) is 7.52. The summed E-state index contributed by atoms with van der Waals surface area (Å²) in [5.74, 6) is -0.326. The third-order valence-corrected chi connectivity index (χ3v) is 5.57. The molecule has 0 aliphatic carbocycles. The molecule has 0 spiro atoms. The summed E-state index contributed by atoms with van der Waals surface area (Å²) in [6, 6.07) is 2.58. The first-order valence-electron chi connectivity index (χ1n) is 9.85. The Hall–Kier alpha value is -2.13. The van der Waals surface area contributed by atoms with Crippen molar-refractivity contribution in [1.82, 2.24) is 4.90 Å². The molecule has 6 nitrogen and oxygen atoms in total. The number of nitrogens with zero attached hydrogens (tertiary/aromatic N) is 2.